The van der Waals surface area contributed by atoms with Crippen LogP contribution >= 0.6 is 23.2 Å². The number of guanidine groups is 2. The predicted molar refractivity (Wildman–Crippen MR) is 126 cm³/mol. The van der Waals surface area contributed by atoms with Crippen LogP contribution in [0, 0.1) is 0 Å². The van der Waals surface area contributed by atoms with E-state index in [1.807, 2.05) is 24.3 Å². The van der Waals surface area contributed by atoms with Crippen LogP contribution in [0.15, 0.2) is 46.4 Å². The van der Waals surface area contributed by atoms with E-state index >= 15 is 0 Å². The van der Waals surface area contributed by atoms with Gasteiger partial charge in [-0.05, 0) is 36.2 Å². The van der Waals surface area contributed by atoms with Crippen molar-refractivity contribution in [3.63, 3.8) is 0 Å². The van der Waals surface area contributed by atoms with Gasteiger partial charge in [-0.25, -0.2) is 4.99 Å². The molecule has 6 N–H and O–H groups in total. The molecule has 0 amide bonds. The second-order valence-corrected chi connectivity index (χ2v) is 7.79. The minimum absolute atomic E-state index is 0.0880. The molecule has 0 unspecified atom stereocenters. The molecule has 0 saturated carbocycles. The summed E-state index contributed by atoms with van der Waals surface area (Å²) >= 11 is 12.9. The van der Waals surface area contributed by atoms with Crippen LogP contribution < -0.4 is 21.9 Å². The van der Waals surface area contributed by atoms with Crippen molar-refractivity contribution in [2.75, 3.05) is 39.5 Å². The van der Waals surface area contributed by atoms with Gasteiger partial charge in [0.25, 0.3) is 0 Å². The van der Waals surface area contributed by atoms with Gasteiger partial charge in [-0.3, -0.25) is 4.90 Å². The molecule has 0 aliphatic carbocycles. The molecule has 1 aliphatic heterocycles. The maximum Gasteiger partial charge on any atom is 0.223 e. The summed E-state index contributed by atoms with van der Waals surface area (Å²) in [5.41, 5.74) is 18.2. The fourth-order valence-electron chi connectivity index (χ4n) is 3.21. The van der Waals surface area contributed by atoms with Crippen LogP contribution in [0.3, 0.4) is 0 Å². The van der Waals surface area contributed by atoms with E-state index in [1.54, 1.807) is 12.1 Å². The van der Waals surface area contributed by atoms with Gasteiger partial charge in [-0.15, -0.1) is 0 Å². The van der Waals surface area contributed by atoms with Gasteiger partial charge in [0.15, 0.2) is 5.96 Å². The lowest BCUT2D eigenvalue weighted by Gasteiger charge is -2.26. The van der Waals surface area contributed by atoms with Crippen molar-refractivity contribution in [1.82, 2.24) is 4.90 Å². The van der Waals surface area contributed by atoms with E-state index in [0.717, 1.165) is 50.6 Å². The van der Waals surface area contributed by atoms with Crippen molar-refractivity contribution in [3.8, 4) is 16.9 Å². The summed E-state index contributed by atoms with van der Waals surface area (Å²) in [4.78, 5) is 10.2. The number of nitrogens with two attached hydrogens (primary N) is 3. The average Bonchev–Trinajstić information content (AvgIpc) is 2.72. The van der Waals surface area contributed by atoms with Crippen LogP contribution in [0.1, 0.15) is 6.42 Å². The molecule has 0 atom stereocenters. The number of hydrogen-bond acceptors (Lipinski definition) is 4. The highest BCUT2D eigenvalue weighted by molar-refractivity contribution is 6.39. The monoisotopic (exact) mass is 464 g/mol. The van der Waals surface area contributed by atoms with Gasteiger partial charge >= 0.3 is 0 Å². The second-order valence-electron chi connectivity index (χ2n) is 6.97. The molecular formula is C21H26Cl2N6O2. The van der Waals surface area contributed by atoms with E-state index in [0.29, 0.717) is 27.9 Å². The number of benzene rings is 2. The number of morpholine rings is 1. The number of rotatable bonds is 7. The van der Waals surface area contributed by atoms with Crippen LogP contribution in [0.2, 0.25) is 10.0 Å². The van der Waals surface area contributed by atoms with E-state index in [-0.39, 0.29) is 11.9 Å². The van der Waals surface area contributed by atoms with Crippen LogP contribution in [-0.4, -0.2) is 56.3 Å². The third kappa shape index (κ3) is 7.00. The predicted octanol–water partition coefficient (Wildman–Crippen LogP) is 2.98. The van der Waals surface area contributed by atoms with Gasteiger partial charge in [-0.1, -0.05) is 35.3 Å². The zero-order valence-corrected chi connectivity index (χ0v) is 18.6. The zero-order valence-electron chi connectivity index (χ0n) is 17.1. The highest BCUT2D eigenvalue weighted by atomic mass is 35.5. The lowest BCUT2D eigenvalue weighted by molar-refractivity contribution is 0.0358. The highest BCUT2D eigenvalue weighted by Crippen LogP contribution is 2.38. The van der Waals surface area contributed by atoms with Crippen LogP contribution in [0.4, 0.5) is 5.69 Å². The Labute approximate surface area is 191 Å². The van der Waals surface area contributed by atoms with E-state index in [9.17, 15) is 0 Å². The van der Waals surface area contributed by atoms with E-state index in [1.165, 1.54) is 0 Å². The molecule has 0 spiro atoms. The molecule has 1 aliphatic rings. The van der Waals surface area contributed by atoms with Crippen LogP contribution in [0.5, 0.6) is 5.75 Å². The number of aliphatic imine (C=N–C) groups is 2. The van der Waals surface area contributed by atoms with Gasteiger partial charge in [0.05, 0.1) is 35.6 Å². The molecule has 2 aromatic carbocycles. The quantitative estimate of drug-likeness (QED) is 0.328. The highest BCUT2D eigenvalue weighted by Gasteiger charge is 2.12. The van der Waals surface area contributed by atoms with Gasteiger partial charge in [-0.2, -0.15) is 4.99 Å². The Morgan fingerprint density at radius 2 is 1.68 bits per heavy atom. The minimum atomic E-state index is -0.182. The molecule has 1 heterocycles. The number of halogens is 2. The van der Waals surface area contributed by atoms with Crippen molar-refractivity contribution < 1.29 is 9.47 Å². The third-order valence-electron chi connectivity index (χ3n) is 4.65. The van der Waals surface area contributed by atoms with E-state index in [2.05, 4.69) is 14.9 Å². The lowest BCUT2D eigenvalue weighted by atomic mass is 10.0. The summed E-state index contributed by atoms with van der Waals surface area (Å²) in [6.45, 7) is 5.26. The normalized spacial score (nSPS) is 15.0. The lowest BCUT2D eigenvalue weighted by Crippen LogP contribution is -2.37. The maximum atomic E-state index is 6.45. The Hall–Kier alpha value is -2.52. The van der Waals surface area contributed by atoms with Crippen molar-refractivity contribution in [2.24, 2.45) is 27.2 Å². The fourth-order valence-corrected chi connectivity index (χ4v) is 3.90. The molecule has 0 aromatic heterocycles. The Morgan fingerprint density at radius 1 is 1.03 bits per heavy atom. The van der Waals surface area contributed by atoms with Crippen LogP contribution in [-0.2, 0) is 4.74 Å². The van der Waals surface area contributed by atoms with Gasteiger partial charge in [0, 0.05) is 25.2 Å². The summed E-state index contributed by atoms with van der Waals surface area (Å²) < 4.78 is 11.2. The molecule has 0 bridgehead atoms. The molecule has 31 heavy (non-hydrogen) atoms. The summed E-state index contributed by atoms with van der Waals surface area (Å²) in [5, 5.41) is 0.867. The fraction of sp³-hybridized carbons (Fsp3) is 0.333. The molecule has 1 fully saturated rings. The average molecular weight is 465 g/mol. The summed E-state index contributed by atoms with van der Waals surface area (Å²) in [6.07, 6.45) is 0.963. The smallest absolute Gasteiger partial charge is 0.223 e. The molecule has 3 rings (SSSR count). The molecule has 1 saturated heterocycles. The molecule has 10 heteroatoms. The second kappa shape index (κ2) is 11.2. The minimum Gasteiger partial charge on any atom is -0.494 e. The van der Waals surface area contributed by atoms with Gasteiger partial charge in [0.2, 0.25) is 5.96 Å². The first kappa shape index (κ1) is 23.1. The summed E-state index contributed by atoms with van der Waals surface area (Å²) in [6, 6.07) is 10.9. The maximum absolute atomic E-state index is 6.45. The molecule has 8 nitrogen and oxygen atoms in total. The molecule has 0 radical (unpaired) electrons. The van der Waals surface area contributed by atoms with Gasteiger partial charge in [0.1, 0.15) is 5.75 Å². The Balaban J connectivity index is 1.61. The van der Waals surface area contributed by atoms with Crippen molar-refractivity contribution in [2.45, 2.75) is 6.42 Å². The Kier molecular flexibility index (Phi) is 8.36. The SMILES string of the molecule is NC(N)=NC(N)=Nc1cc(Cl)c(-c2ccc(OCCCN3CCOCC3)cc2)c(Cl)c1. The summed E-state index contributed by atoms with van der Waals surface area (Å²) in [7, 11) is 0. The first-order valence-corrected chi connectivity index (χ1v) is 10.6. The third-order valence-corrected chi connectivity index (χ3v) is 5.24. The van der Waals surface area contributed by atoms with Crippen molar-refractivity contribution >= 4 is 40.8 Å². The molecular weight excluding hydrogens is 439 g/mol. The Morgan fingerprint density at radius 3 is 2.29 bits per heavy atom. The number of ether oxygens (including phenoxy) is 2. The number of nitrogens with zero attached hydrogens (tertiary/aromatic N) is 3. The Bertz CT molecular complexity index is 916. The van der Waals surface area contributed by atoms with Crippen molar-refractivity contribution in [3.05, 3.63) is 46.4 Å². The van der Waals surface area contributed by atoms with Gasteiger partial charge < -0.3 is 26.7 Å². The molecule has 2 aromatic rings. The first-order chi connectivity index (χ1) is 14.9. The first-order valence-electron chi connectivity index (χ1n) is 9.88. The topological polar surface area (TPSA) is 124 Å². The standard InChI is InChI=1S/C21H26Cl2N6O2/c22-17-12-15(27-21(26)28-20(24)25)13-18(23)19(17)14-2-4-16(5-3-14)31-9-1-6-29-7-10-30-11-8-29/h2-5,12-13H,1,6-11H2,(H6,24,25,26,27,28). The zero-order chi connectivity index (χ0) is 22.2. The summed E-state index contributed by atoms with van der Waals surface area (Å²) in [5.74, 6) is 0.526. The van der Waals surface area contributed by atoms with E-state index < -0.39 is 0 Å². The largest absolute Gasteiger partial charge is 0.494 e. The molecule has 166 valence electrons. The van der Waals surface area contributed by atoms with E-state index in [4.69, 9.17) is 49.9 Å². The van der Waals surface area contributed by atoms with Crippen molar-refractivity contribution in [1.29, 1.82) is 0 Å². The number of hydrogen-bond donors (Lipinski definition) is 3. The van der Waals surface area contributed by atoms with Crippen LogP contribution in [0.25, 0.3) is 11.1 Å².